The van der Waals surface area contributed by atoms with Crippen LogP contribution in [0.25, 0.3) is 0 Å². The van der Waals surface area contributed by atoms with Crippen LogP contribution in [-0.4, -0.2) is 75.0 Å². The molecule has 0 bridgehead atoms. The molecular formula is C58H109NO6Si. The second-order valence-electron chi connectivity index (χ2n) is 22.0. The van der Waals surface area contributed by atoms with Crippen molar-refractivity contribution in [1.29, 1.82) is 0 Å². The maximum Gasteiger partial charge on any atom is 0.334 e. The van der Waals surface area contributed by atoms with E-state index in [-0.39, 0.29) is 25.1 Å². The van der Waals surface area contributed by atoms with Gasteiger partial charge in [0.2, 0.25) is 0 Å². The first-order valence-corrected chi connectivity index (χ1v) is 30.9. The Labute approximate surface area is 410 Å². The SMILES string of the molecule is CCCCCCCC/C=C\CCCCCCCC(Oc1cc2c(c(C)c1C)OC(C)(CCCC(C)CCCC(C)CCCC(C)C)CC2)O[Si](C)(C)OCCCCCCN(CCO)CCO. The van der Waals surface area contributed by atoms with Crippen molar-refractivity contribution in [3.63, 3.8) is 0 Å². The molecule has 0 aromatic heterocycles. The molecule has 8 heteroatoms. The summed E-state index contributed by atoms with van der Waals surface area (Å²) in [5.74, 6) is 4.48. The molecule has 1 aromatic rings. The summed E-state index contributed by atoms with van der Waals surface area (Å²) in [6, 6.07) is 2.26. The Morgan fingerprint density at radius 3 is 1.86 bits per heavy atom. The van der Waals surface area contributed by atoms with Crippen molar-refractivity contribution >= 4 is 8.56 Å². The molecule has 386 valence electrons. The zero-order valence-corrected chi connectivity index (χ0v) is 46.3. The third-order valence-electron chi connectivity index (χ3n) is 14.4. The minimum atomic E-state index is -2.48. The first kappa shape index (κ1) is 60.7. The van der Waals surface area contributed by atoms with E-state index in [0.29, 0.717) is 19.7 Å². The van der Waals surface area contributed by atoms with E-state index in [1.165, 1.54) is 140 Å². The normalized spacial score (nSPS) is 16.9. The minimum absolute atomic E-state index is 0.125. The van der Waals surface area contributed by atoms with Crippen LogP contribution < -0.4 is 9.47 Å². The predicted octanol–water partition coefficient (Wildman–Crippen LogP) is 16.2. The first-order valence-electron chi connectivity index (χ1n) is 28.1. The molecule has 0 saturated carbocycles. The Kier molecular flexibility index (Phi) is 33.6. The van der Waals surface area contributed by atoms with Crippen LogP contribution in [0.1, 0.15) is 238 Å². The molecule has 4 unspecified atom stereocenters. The van der Waals surface area contributed by atoms with E-state index in [9.17, 15) is 10.2 Å². The summed E-state index contributed by atoms with van der Waals surface area (Å²) in [6.45, 7) is 26.1. The summed E-state index contributed by atoms with van der Waals surface area (Å²) in [7, 11) is -2.48. The lowest BCUT2D eigenvalue weighted by atomic mass is 9.85. The largest absolute Gasteiger partial charge is 0.487 e. The Balaban J connectivity index is 1.94. The van der Waals surface area contributed by atoms with Crippen molar-refractivity contribution in [2.45, 2.75) is 267 Å². The van der Waals surface area contributed by atoms with Crippen molar-refractivity contribution in [1.82, 2.24) is 4.90 Å². The van der Waals surface area contributed by atoms with Crippen molar-refractivity contribution in [3.05, 3.63) is 34.9 Å². The Morgan fingerprint density at radius 2 is 1.24 bits per heavy atom. The smallest absolute Gasteiger partial charge is 0.334 e. The third-order valence-corrected chi connectivity index (χ3v) is 16.2. The van der Waals surface area contributed by atoms with Gasteiger partial charge in [0.25, 0.3) is 0 Å². The monoisotopic (exact) mass is 944 g/mol. The van der Waals surface area contributed by atoms with Crippen LogP contribution in [0.5, 0.6) is 11.5 Å². The van der Waals surface area contributed by atoms with E-state index in [1.807, 2.05) is 0 Å². The molecule has 0 spiro atoms. The van der Waals surface area contributed by atoms with Crippen molar-refractivity contribution in [2.24, 2.45) is 17.8 Å². The number of rotatable bonds is 43. The molecule has 2 N–H and O–H groups in total. The second kappa shape index (κ2) is 36.5. The van der Waals surface area contributed by atoms with Crippen LogP contribution in [0.4, 0.5) is 0 Å². The van der Waals surface area contributed by atoms with Crippen LogP contribution >= 0.6 is 0 Å². The standard InChI is InChI=1S/C58H109NO6Si/c1-11-12-13-14-15-16-17-18-19-20-21-22-23-24-27-38-56(65-66(9,10)62-47-29-26-25-28-42-59(43-45-60)44-46-61)63-55-48-54-39-41-58(8,64-57(54)53(7)52(55)6)40-32-37-51(5)36-31-35-50(4)34-30-33-49(2)3/h18-19,48-51,56,60-61H,11-17,20-47H2,1-10H3/b19-18-. The lowest BCUT2D eigenvalue weighted by molar-refractivity contribution is -0.0312. The van der Waals surface area contributed by atoms with Gasteiger partial charge in [0.05, 0.1) is 13.2 Å². The van der Waals surface area contributed by atoms with E-state index < -0.39 is 8.56 Å². The van der Waals surface area contributed by atoms with E-state index in [1.54, 1.807) is 0 Å². The molecular weight excluding hydrogens is 835 g/mol. The first-order chi connectivity index (χ1) is 31.7. The highest BCUT2D eigenvalue weighted by Crippen LogP contribution is 2.43. The van der Waals surface area contributed by atoms with Gasteiger partial charge in [0, 0.05) is 26.1 Å². The fourth-order valence-electron chi connectivity index (χ4n) is 9.80. The molecule has 1 heterocycles. The Morgan fingerprint density at radius 1 is 0.682 bits per heavy atom. The van der Waals surface area contributed by atoms with Gasteiger partial charge in [-0.3, -0.25) is 4.90 Å². The van der Waals surface area contributed by atoms with Gasteiger partial charge < -0.3 is 28.5 Å². The summed E-state index contributed by atoms with van der Waals surface area (Å²) in [5.41, 5.74) is 3.50. The lowest BCUT2D eigenvalue weighted by Crippen LogP contribution is -2.41. The van der Waals surface area contributed by atoms with Gasteiger partial charge in [-0.2, -0.15) is 0 Å². The molecule has 0 fully saturated rings. The van der Waals surface area contributed by atoms with Gasteiger partial charge in [0.1, 0.15) is 17.1 Å². The summed E-state index contributed by atoms with van der Waals surface area (Å²) < 4.78 is 27.3. The van der Waals surface area contributed by atoms with E-state index in [4.69, 9.17) is 18.3 Å². The van der Waals surface area contributed by atoms with Gasteiger partial charge in [-0.05, 0) is 152 Å². The molecule has 66 heavy (non-hydrogen) atoms. The number of ether oxygens (including phenoxy) is 2. The number of hydrogen-bond donors (Lipinski definition) is 2. The molecule has 0 aliphatic carbocycles. The zero-order valence-electron chi connectivity index (χ0n) is 45.3. The van der Waals surface area contributed by atoms with Crippen LogP contribution in [0.15, 0.2) is 18.2 Å². The second-order valence-corrected chi connectivity index (χ2v) is 25.3. The number of allylic oxidation sites excluding steroid dienone is 2. The van der Waals surface area contributed by atoms with Crippen LogP contribution in [0, 0.1) is 31.6 Å². The predicted molar refractivity (Wildman–Crippen MR) is 285 cm³/mol. The number of benzene rings is 1. The number of fused-ring (bicyclic) bond motifs is 1. The molecule has 1 aromatic carbocycles. The highest BCUT2D eigenvalue weighted by molar-refractivity contribution is 6.64. The highest BCUT2D eigenvalue weighted by atomic mass is 28.4. The molecule has 2 rings (SSSR count). The summed E-state index contributed by atoms with van der Waals surface area (Å²) in [5, 5.41) is 18.6. The van der Waals surface area contributed by atoms with E-state index in [2.05, 4.69) is 91.6 Å². The summed E-state index contributed by atoms with van der Waals surface area (Å²) in [6.07, 6.45) is 40.2. The Hall–Kier alpha value is -1.42. The van der Waals surface area contributed by atoms with Crippen LogP contribution in [0.3, 0.4) is 0 Å². The maximum atomic E-state index is 9.32. The fourth-order valence-corrected chi connectivity index (χ4v) is 11.3. The van der Waals surface area contributed by atoms with E-state index >= 15 is 0 Å². The number of aliphatic hydroxyl groups is 2. The van der Waals surface area contributed by atoms with Gasteiger partial charge in [-0.15, -0.1) is 0 Å². The topological polar surface area (TPSA) is 80.6 Å². The molecule has 0 saturated heterocycles. The zero-order chi connectivity index (χ0) is 48.5. The molecule has 1 aliphatic heterocycles. The molecule has 4 atom stereocenters. The number of unbranched alkanes of at least 4 members (excludes halogenated alkanes) is 14. The quantitative estimate of drug-likeness (QED) is 0.0292. The van der Waals surface area contributed by atoms with Gasteiger partial charge in [-0.25, -0.2) is 0 Å². The van der Waals surface area contributed by atoms with Crippen LogP contribution in [0.2, 0.25) is 13.1 Å². The van der Waals surface area contributed by atoms with E-state index in [0.717, 1.165) is 99.1 Å². The molecule has 0 radical (unpaired) electrons. The number of aryl methyl sites for hydroxylation is 1. The minimum Gasteiger partial charge on any atom is -0.487 e. The number of aliphatic hydroxyl groups excluding tert-OH is 2. The Bertz CT molecular complexity index is 1360. The van der Waals surface area contributed by atoms with Gasteiger partial charge in [0.15, 0.2) is 6.29 Å². The lowest BCUT2D eigenvalue weighted by Gasteiger charge is -2.38. The fraction of sp³-hybridized carbons (Fsp3) is 0.862. The van der Waals surface area contributed by atoms with Crippen molar-refractivity contribution in [3.8, 4) is 11.5 Å². The summed E-state index contributed by atoms with van der Waals surface area (Å²) in [4.78, 5) is 2.13. The summed E-state index contributed by atoms with van der Waals surface area (Å²) >= 11 is 0. The molecule has 7 nitrogen and oxygen atoms in total. The highest BCUT2D eigenvalue weighted by Gasteiger charge is 2.34. The van der Waals surface area contributed by atoms with Crippen molar-refractivity contribution < 1.29 is 28.5 Å². The maximum absolute atomic E-state index is 9.32. The number of nitrogens with zero attached hydrogens (tertiary/aromatic N) is 1. The average Bonchev–Trinajstić information content (AvgIpc) is 3.26. The van der Waals surface area contributed by atoms with Gasteiger partial charge in [-0.1, -0.05) is 156 Å². The average molecular weight is 945 g/mol. The van der Waals surface area contributed by atoms with Gasteiger partial charge >= 0.3 is 8.56 Å². The number of hydrogen-bond acceptors (Lipinski definition) is 7. The van der Waals surface area contributed by atoms with Crippen molar-refractivity contribution in [2.75, 3.05) is 39.5 Å². The van der Waals surface area contributed by atoms with Crippen LogP contribution in [-0.2, 0) is 15.3 Å². The third kappa shape index (κ3) is 28.3. The molecule has 0 amide bonds. The molecule has 1 aliphatic rings.